The zero-order valence-electron chi connectivity index (χ0n) is 11.8. The van der Waals surface area contributed by atoms with Crippen LogP contribution in [0.4, 0.5) is 4.39 Å². The Labute approximate surface area is 122 Å². The quantitative estimate of drug-likeness (QED) is 0.828. The second-order valence-corrected chi connectivity index (χ2v) is 5.74. The van der Waals surface area contributed by atoms with E-state index < -0.39 is 5.82 Å². The Hall–Kier alpha value is -0.940. The van der Waals surface area contributed by atoms with Gasteiger partial charge in [-0.2, -0.15) is 0 Å². The van der Waals surface area contributed by atoms with Crippen LogP contribution in [0.3, 0.4) is 0 Å². The molecule has 0 N–H and O–H groups in total. The fourth-order valence-electron chi connectivity index (χ4n) is 2.10. The number of carbonyl (C=O) groups excluding carboxylic acids is 1. The van der Waals surface area contributed by atoms with E-state index in [0.29, 0.717) is 11.0 Å². The summed E-state index contributed by atoms with van der Waals surface area (Å²) in [6, 6.07) is 4.46. The predicted molar refractivity (Wildman–Crippen MR) is 78.8 cm³/mol. The van der Waals surface area contributed by atoms with Gasteiger partial charge in [-0.1, -0.05) is 15.9 Å². The molecular formula is C14H20BrFN2O. The molecule has 3 nitrogen and oxygen atoms in total. The first-order chi connectivity index (χ1) is 8.86. The summed E-state index contributed by atoms with van der Waals surface area (Å²) in [5, 5.41) is 0. The minimum absolute atomic E-state index is 0.0332. The first kappa shape index (κ1) is 16.1. The van der Waals surface area contributed by atoms with Crippen molar-refractivity contribution in [3.63, 3.8) is 0 Å². The number of nitrogens with zero attached hydrogens (tertiary/aromatic N) is 2. The first-order valence-corrected chi connectivity index (χ1v) is 7.06. The van der Waals surface area contributed by atoms with E-state index in [1.807, 2.05) is 32.8 Å². The van der Waals surface area contributed by atoms with Gasteiger partial charge in [-0.05, 0) is 46.1 Å². The molecule has 1 rings (SSSR count). The maximum atomic E-state index is 13.8. The molecule has 0 aliphatic rings. The summed E-state index contributed by atoms with van der Waals surface area (Å²) in [7, 11) is 3.91. The molecule has 1 aromatic rings. The van der Waals surface area contributed by atoms with Gasteiger partial charge in [0.1, 0.15) is 5.82 Å². The van der Waals surface area contributed by atoms with Crippen molar-refractivity contribution in [1.82, 2.24) is 9.80 Å². The van der Waals surface area contributed by atoms with Gasteiger partial charge in [0.05, 0.1) is 5.56 Å². The van der Waals surface area contributed by atoms with Crippen LogP contribution in [-0.2, 0) is 0 Å². The van der Waals surface area contributed by atoms with Gasteiger partial charge in [0, 0.05) is 23.6 Å². The Morgan fingerprint density at radius 1 is 1.42 bits per heavy atom. The van der Waals surface area contributed by atoms with Crippen molar-refractivity contribution in [3.8, 4) is 0 Å². The smallest absolute Gasteiger partial charge is 0.257 e. The Morgan fingerprint density at radius 3 is 2.58 bits per heavy atom. The number of hydrogen-bond donors (Lipinski definition) is 0. The molecular weight excluding hydrogens is 311 g/mol. The Kier molecular flexibility index (Phi) is 5.94. The van der Waals surface area contributed by atoms with Crippen molar-refractivity contribution < 1.29 is 9.18 Å². The van der Waals surface area contributed by atoms with Crippen molar-refractivity contribution in [2.75, 3.05) is 27.2 Å². The van der Waals surface area contributed by atoms with Crippen molar-refractivity contribution in [2.24, 2.45) is 0 Å². The van der Waals surface area contributed by atoms with Crippen LogP contribution in [0.15, 0.2) is 22.7 Å². The number of benzene rings is 1. The number of amides is 1. The molecule has 1 amide bonds. The third-order valence-corrected chi connectivity index (χ3v) is 3.42. The minimum atomic E-state index is -0.483. The molecule has 106 valence electrons. The van der Waals surface area contributed by atoms with Crippen LogP contribution in [0.25, 0.3) is 0 Å². The number of hydrogen-bond acceptors (Lipinski definition) is 2. The Bertz CT molecular complexity index is 451. The monoisotopic (exact) mass is 330 g/mol. The highest BCUT2D eigenvalue weighted by molar-refractivity contribution is 9.10. The van der Waals surface area contributed by atoms with E-state index in [1.54, 1.807) is 11.0 Å². The number of likely N-dealkylation sites (N-methyl/N-ethyl adjacent to an activating group) is 2. The summed E-state index contributed by atoms with van der Waals surface area (Å²) in [5.74, 6) is -0.751. The van der Waals surface area contributed by atoms with E-state index in [4.69, 9.17) is 0 Å². The Morgan fingerprint density at radius 2 is 2.05 bits per heavy atom. The molecule has 0 fully saturated rings. The van der Waals surface area contributed by atoms with Gasteiger partial charge in [0.15, 0.2) is 0 Å². The molecule has 1 atom stereocenters. The molecule has 0 aliphatic heterocycles. The van der Waals surface area contributed by atoms with Gasteiger partial charge < -0.3 is 9.80 Å². The summed E-state index contributed by atoms with van der Waals surface area (Å²) in [4.78, 5) is 16.1. The summed E-state index contributed by atoms with van der Waals surface area (Å²) in [6.45, 7) is 5.17. The highest BCUT2D eigenvalue weighted by Gasteiger charge is 2.23. The molecule has 0 aliphatic carbocycles. The zero-order chi connectivity index (χ0) is 14.6. The largest absolute Gasteiger partial charge is 0.335 e. The fraction of sp³-hybridized carbons (Fsp3) is 0.500. The summed E-state index contributed by atoms with van der Waals surface area (Å²) < 4.78 is 14.5. The molecule has 0 saturated heterocycles. The van der Waals surface area contributed by atoms with Gasteiger partial charge in [0.2, 0.25) is 0 Å². The maximum absolute atomic E-state index is 13.8. The van der Waals surface area contributed by atoms with Crippen LogP contribution >= 0.6 is 15.9 Å². The molecule has 0 bridgehead atoms. The highest BCUT2D eigenvalue weighted by atomic mass is 79.9. The van der Waals surface area contributed by atoms with E-state index in [0.717, 1.165) is 6.54 Å². The number of carbonyl (C=O) groups is 1. The van der Waals surface area contributed by atoms with E-state index >= 15 is 0 Å². The van der Waals surface area contributed by atoms with E-state index in [1.165, 1.54) is 12.1 Å². The van der Waals surface area contributed by atoms with Crippen LogP contribution in [0, 0.1) is 5.82 Å². The molecule has 19 heavy (non-hydrogen) atoms. The van der Waals surface area contributed by atoms with E-state index in [9.17, 15) is 9.18 Å². The molecule has 0 radical (unpaired) electrons. The molecule has 1 aromatic carbocycles. The molecule has 0 heterocycles. The number of halogens is 2. The highest BCUT2D eigenvalue weighted by Crippen LogP contribution is 2.18. The lowest BCUT2D eigenvalue weighted by molar-refractivity contribution is 0.0674. The molecule has 5 heteroatoms. The standard InChI is InChI=1S/C14H20BrFN2O/c1-5-18(10(2)9-17(3)4)14(19)12-8-11(15)6-7-13(12)16/h6-8,10H,5,9H2,1-4H3. The van der Waals surface area contributed by atoms with Gasteiger partial charge in [0.25, 0.3) is 5.91 Å². The lowest BCUT2D eigenvalue weighted by Crippen LogP contribution is -2.44. The van der Waals surface area contributed by atoms with Crippen LogP contribution in [0.2, 0.25) is 0 Å². The summed E-state index contributed by atoms with van der Waals surface area (Å²) in [5.41, 5.74) is 0.113. The average Bonchev–Trinajstić information content (AvgIpc) is 2.32. The Balaban J connectivity index is 2.98. The van der Waals surface area contributed by atoms with Crippen LogP contribution in [0.5, 0.6) is 0 Å². The lowest BCUT2D eigenvalue weighted by atomic mass is 10.1. The second-order valence-electron chi connectivity index (χ2n) is 4.83. The summed E-state index contributed by atoms with van der Waals surface area (Å²) >= 11 is 3.27. The molecule has 0 saturated carbocycles. The molecule has 0 spiro atoms. The topological polar surface area (TPSA) is 23.6 Å². The van der Waals surface area contributed by atoms with Crippen molar-refractivity contribution in [3.05, 3.63) is 34.1 Å². The van der Waals surface area contributed by atoms with Crippen molar-refractivity contribution in [2.45, 2.75) is 19.9 Å². The SMILES string of the molecule is CCN(C(=O)c1cc(Br)ccc1F)C(C)CN(C)C. The zero-order valence-corrected chi connectivity index (χ0v) is 13.4. The summed E-state index contributed by atoms with van der Waals surface area (Å²) in [6.07, 6.45) is 0. The lowest BCUT2D eigenvalue weighted by Gasteiger charge is -2.30. The average molecular weight is 331 g/mol. The van der Waals surface area contributed by atoms with Gasteiger partial charge in [-0.25, -0.2) is 4.39 Å². The molecule has 1 unspecified atom stereocenters. The van der Waals surface area contributed by atoms with Gasteiger partial charge >= 0.3 is 0 Å². The van der Waals surface area contributed by atoms with Gasteiger partial charge in [-0.3, -0.25) is 4.79 Å². The minimum Gasteiger partial charge on any atom is -0.335 e. The third kappa shape index (κ3) is 4.28. The van der Waals surface area contributed by atoms with Crippen LogP contribution in [-0.4, -0.2) is 48.9 Å². The third-order valence-electron chi connectivity index (χ3n) is 2.92. The normalized spacial score (nSPS) is 12.6. The second kappa shape index (κ2) is 7.01. The van der Waals surface area contributed by atoms with E-state index in [2.05, 4.69) is 15.9 Å². The van der Waals surface area contributed by atoms with Crippen molar-refractivity contribution >= 4 is 21.8 Å². The predicted octanol–water partition coefficient (Wildman–Crippen LogP) is 3.00. The van der Waals surface area contributed by atoms with Crippen molar-refractivity contribution in [1.29, 1.82) is 0 Å². The first-order valence-electron chi connectivity index (χ1n) is 6.27. The van der Waals surface area contributed by atoms with Crippen LogP contribution in [0.1, 0.15) is 24.2 Å². The van der Waals surface area contributed by atoms with E-state index in [-0.39, 0.29) is 17.5 Å². The molecule has 0 aromatic heterocycles. The maximum Gasteiger partial charge on any atom is 0.257 e. The van der Waals surface area contributed by atoms with Crippen LogP contribution < -0.4 is 0 Å². The fourth-order valence-corrected chi connectivity index (χ4v) is 2.46. The van der Waals surface area contributed by atoms with Gasteiger partial charge in [-0.15, -0.1) is 0 Å². The number of rotatable bonds is 5.